The van der Waals surface area contributed by atoms with Crippen LogP contribution in [0.25, 0.3) is 0 Å². The molecule has 0 bridgehead atoms. The lowest BCUT2D eigenvalue weighted by atomic mass is 10.0. The van der Waals surface area contributed by atoms with Crippen molar-refractivity contribution in [3.63, 3.8) is 0 Å². The summed E-state index contributed by atoms with van der Waals surface area (Å²) >= 11 is 0. The van der Waals surface area contributed by atoms with Gasteiger partial charge in [0.1, 0.15) is 0 Å². The average molecular weight is 604 g/mol. The molecule has 234 valence electrons. The number of aliphatic hydroxyl groups is 2. The Morgan fingerprint density at radius 2 is 0.932 bits per heavy atom. The molecule has 11 heteroatoms. The van der Waals surface area contributed by atoms with E-state index in [-0.39, 0.29) is 43.4 Å². The summed E-state index contributed by atoms with van der Waals surface area (Å²) in [5, 5.41) is 31.4. The predicted octanol–water partition coefficient (Wildman–Crippen LogP) is 4.93. The molecular formula is C33H41N5O6. The van der Waals surface area contributed by atoms with Crippen LogP contribution in [0.3, 0.4) is 0 Å². The maximum absolute atomic E-state index is 12.8. The lowest BCUT2D eigenvalue weighted by Gasteiger charge is -2.10. The molecule has 0 atom stereocenters. The molecular weight excluding hydrogens is 562 g/mol. The summed E-state index contributed by atoms with van der Waals surface area (Å²) in [6.07, 6.45) is 4.88. The first-order chi connectivity index (χ1) is 21.4. The number of nitrogens with one attached hydrogen (secondary N) is 5. The smallest absolute Gasteiger partial charge is 0.319 e. The van der Waals surface area contributed by atoms with Gasteiger partial charge in [-0.1, -0.05) is 24.3 Å². The molecule has 0 aliphatic heterocycles. The van der Waals surface area contributed by atoms with Crippen molar-refractivity contribution in [2.24, 2.45) is 0 Å². The zero-order valence-electron chi connectivity index (χ0n) is 24.7. The van der Waals surface area contributed by atoms with Gasteiger partial charge in [-0.15, -0.1) is 0 Å². The Labute approximate surface area is 257 Å². The average Bonchev–Trinajstić information content (AvgIpc) is 3.03. The second kappa shape index (κ2) is 18.7. The Bertz CT molecular complexity index is 1240. The number of carbonyl (C=O) groups is 4. The highest BCUT2D eigenvalue weighted by molar-refractivity contribution is 6.05. The maximum Gasteiger partial charge on any atom is 0.319 e. The fourth-order valence-electron chi connectivity index (χ4n) is 4.22. The van der Waals surface area contributed by atoms with Crippen LogP contribution in [0.15, 0.2) is 72.8 Å². The monoisotopic (exact) mass is 603 g/mol. The SMILES string of the molecule is O=C(NCCCCCO)Nc1ccc(CC(=O)c2ccc(C(=O)Nc3ccc(NC(=O)NCCCCCO)cc3)cc2)cc1. The number of carbonyl (C=O) groups excluding carboxylic acids is 4. The first kappa shape index (κ1) is 33.8. The summed E-state index contributed by atoms with van der Waals surface area (Å²) in [5.74, 6) is -0.432. The number of ketones is 1. The first-order valence-corrected chi connectivity index (χ1v) is 14.8. The van der Waals surface area contributed by atoms with Crippen LogP contribution in [0.1, 0.15) is 64.8 Å². The molecule has 5 amide bonds. The highest BCUT2D eigenvalue weighted by Gasteiger charge is 2.11. The number of Topliss-reactive ketones (excluding diaryl/α,β-unsaturated/α-hetero) is 1. The Hall–Kier alpha value is -4.74. The third-order valence-corrected chi connectivity index (χ3v) is 6.69. The highest BCUT2D eigenvalue weighted by atomic mass is 16.3. The summed E-state index contributed by atoms with van der Waals surface area (Å²) in [5.41, 5.74) is 3.41. The van der Waals surface area contributed by atoms with Crippen LogP contribution in [-0.2, 0) is 6.42 Å². The lowest BCUT2D eigenvalue weighted by Crippen LogP contribution is -2.29. The first-order valence-electron chi connectivity index (χ1n) is 14.8. The second-order valence-electron chi connectivity index (χ2n) is 10.2. The summed E-state index contributed by atoms with van der Waals surface area (Å²) in [7, 11) is 0. The molecule has 0 aromatic heterocycles. The van der Waals surface area contributed by atoms with Crippen LogP contribution >= 0.6 is 0 Å². The van der Waals surface area contributed by atoms with Crippen molar-refractivity contribution in [3.8, 4) is 0 Å². The third-order valence-electron chi connectivity index (χ3n) is 6.69. The van der Waals surface area contributed by atoms with E-state index in [0.717, 1.165) is 37.7 Å². The molecule has 3 aromatic rings. The number of aliphatic hydroxyl groups excluding tert-OH is 2. The van der Waals surface area contributed by atoms with Gasteiger partial charge in [-0.3, -0.25) is 9.59 Å². The Kier molecular flexibility index (Phi) is 14.4. The molecule has 0 radical (unpaired) electrons. The number of anilines is 3. The third kappa shape index (κ3) is 12.2. The van der Waals surface area contributed by atoms with Gasteiger partial charge in [-0.05, 0) is 92.6 Å². The van der Waals surface area contributed by atoms with E-state index in [1.807, 2.05) is 0 Å². The molecule has 7 N–H and O–H groups in total. The quantitative estimate of drug-likeness (QED) is 0.0852. The Balaban J connectivity index is 1.42. The lowest BCUT2D eigenvalue weighted by molar-refractivity contribution is 0.0989. The van der Waals surface area contributed by atoms with Crippen LogP contribution in [-0.4, -0.2) is 60.3 Å². The number of amides is 5. The van der Waals surface area contributed by atoms with Gasteiger partial charge in [0.15, 0.2) is 5.78 Å². The molecule has 3 rings (SSSR count). The van der Waals surface area contributed by atoms with Crippen molar-refractivity contribution in [1.29, 1.82) is 0 Å². The van der Waals surface area contributed by atoms with Gasteiger partial charge in [0.25, 0.3) is 5.91 Å². The van der Waals surface area contributed by atoms with Crippen LogP contribution in [0.2, 0.25) is 0 Å². The second-order valence-corrected chi connectivity index (χ2v) is 10.2. The standard InChI is InChI=1S/C33H41N5O6/c39-21-5-1-3-19-34-32(43)37-28-13-7-24(8-14-28)23-30(41)25-9-11-26(12-10-25)31(42)36-27-15-17-29(18-16-27)38-33(44)35-20-4-2-6-22-40/h7-18,39-40H,1-6,19-23H2,(H,36,42)(H2,34,37,43)(H2,35,38,44). The summed E-state index contributed by atoms with van der Waals surface area (Å²) in [6.45, 7) is 1.34. The number of hydrogen-bond acceptors (Lipinski definition) is 6. The fourth-order valence-corrected chi connectivity index (χ4v) is 4.22. The molecule has 0 saturated heterocycles. The van der Waals surface area contributed by atoms with Gasteiger partial charge in [0.2, 0.25) is 0 Å². The van der Waals surface area contributed by atoms with Crippen molar-refractivity contribution in [2.45, 2.75) is 44.9 Å². The normalized spacial score (nSPS) is 10.5. The summed E-state index contributed by atoms with van der Waals surface area (Å²) in [6, 6.07) is 19.6. The minimum absolute atomic E-state index is 0.101. The minimum Gasteiger partial charge on any atom is -0.396 e. The molecule has 44 heavy (non-hydrogen) atoms. The van der Waals surface area contributed by atoms with E-state index in [1.165, 1.54) is 0 Å². The molecule has 0 heterocycles. The van der Waals surface area contributed by atoms with E-state index in [0.29, 0.717) is 47.7 Å². The maximum atomic E-state index is 12.8. The molecule has 11 nitrogen and oxygen atoms in total. The topological polar surface area (TPSA) is 169 Å². The minimum atomic E-state index is -0.331. The van der Waals surface area contributed by atoms with Gasteiger partial charge in [-0.25, -0.2) is 9.59 Å². The van der Waals surface area contributed by atoms with Crippen molar-refractivity contribution >= 4 is 40.8 Å². The van der Waals surface area contributed by atoms with Crippen molar-refractivity contribution < 1.29 is 29.4 Å². The molecule has 0 spiro atoms. The van der Waals surface area contributed by atoms with Crippen molar-refractivity contribution in [1.82, 2.24) is 10.6 Å². The largest absolute Gasteiger partial charge is 0.396 e. The number of benzene rings is 3. The zero-order valence-corrected chi connectivity index (χ0v) is 24.7. The van der Waals surface area contributed by atoms with Gasteiger partial charge < -0.3 is 36.8 Å². The number of unbranched alkanes of at least 4 members (excludes halogenated alkanes) is 4. The summed E-state index contributed by atoms with van der Waals surface area (Å²) in [4.78, 5) is 49.5. The van der Waals surface area contributed by atoms with E-state index >= 15 is 0 Å². The summed E-state index contributed by atoms with van der Waals surface area (Å²) < 4.78 is 0. The molecule has 0 saturated carbocycles. The molecule has 0 aliphatic rings. The van der Waals surface area contributed by atoms with E-state index in [2.05, 4.69) is 26.6 Å². The van der Waals surface area contributed by atoms with E-state index in [1.54, 1.807) is 72.8 Å². The number of hydrogen-bond donors (Lipinski definition) is 7. The van der Waals surface area contributed by atoms with Gasteiger partial charge in [0.05, 0.1) is 0 Å². The molecule has 0 aliphatic carbocycles. The fraction of sp³-hybridized carbons (Fsp3) is 0.333. The van der Waals surface area contributed by atoms with Crippen LogP contribution in [0.5, 0.6) is 0 Å². The Morgan fingerprint density at radius 3 is 1.41 bits per heavy atom. The highest BCUT2D eigenvalue weighted by Crippen LogP contribution is 2.16. The van der Waals surface area contributed by atoms with Crippen LogP contribution in [0.4, 0.5) is 26.7 Å². The Morgan fingerprint density at radius 1 is 0.500 bits per heavy atom. The van der Waals surface area contributed by atoms with Crippen LogP contribution < -0.4 is 26.6 Å². The van der Waals surface area contributed by atoms with E-state index < -0.39 is 0 Å². The van der Waals surface area contributed by atoms with E-state index in [4.69, 9.17) is 10.2 Å². The molecule has 0 fully saturated rings. The van der Waals surface area contributed by atoms with E-state index in [9.17, 15) is 19.2 Å². The van der Waals surface area contributed by atoms with Gasteiger partial charge in [0, 0.05) is 60.9 Å². The predicted molar refractivity (Wildman–Crippen MR) is 171 cm³/mol. The molecule has 0 unspecified atom stereocenters. The number of urea groups is 2. The van der Waals surface area contributed by atoms with Crippen molar-refractivity contribution in [3.05, 3.63) is 89.5 Å². The number of rotatable bonds is 17. The van der Waals surface area contributed by atoms with Crippen LogP contribution in [0, 0.1) is 0 Å². The van der Waals surface area contributed by atoms with Gasteiger partial charge >= 0.3 is 12.1 Å². The molecule has 3 aromatic carbocycles. The van der Waals surface area contributed by atoms with Crippen molar-refractivity contribution in [2.75, 3.05) is 42.3 Å². The van der Waals surface area contributed by atoms with Gasteiger partial charge in [-0.2, -0.15) is 0 Å². The zero-order chi connectivity index (χ0) is 31.6.